The molecule has 1 aliphatic heterocycles. The van der Waals surface area contributed by atoms with Crippen molar-refractivity contribution in [2.45, 2.75) is 13.0 Å². The summed E-state index contributed by atoms with van der Waals surface area (Å²) in [4.78, 5) is 34.6. The van der Waals surface area contributed by atoms with E-state index in [0.717, 1.165) is 27.8 Å². The van der Waals surface area contributed by atoms with E-state index in [1.807, 2.05) is 47.4 Å². The van der Waals surface area contributed by atoms with Crippen molar-refractivity contribution in [2.75, 3.05) is 36.4 Å². The first-order chi connectivity index (χ1) is 16.7. The number of carbonyl (C=O) groups excluding carboxylic acids is 1. The van der Waals surface area contributed by atoms with E-state index in [1.54, 1.807) is 24.8 Å². The topological polar surface area (TPSA) is 87.1 Å². The van der Waals surface area contributed by atoms with E-state index >= 15 is 0 Å². The lowest BCUT2D eigenvalue weighted by molar-refractivity contribution is -0.130. The molecule has 0 unspecified atom stereocenters. The molecule has 1 saturated heterocycles. The van der Waals surface area contributed by atoms with Crippen molar-refractivity contribution in [3.63, 3.8) is 0 Å². The largest absolute Gasteiger partial charge is 0.352 e. The monoisotopic (exact) mass is 473 g/mol. The van der Waals surface area contributed by atoms with Crippen LogP contribution in [-0.2, 0) is 17.8 Å². The molecule has 3 aromatic heterocycles. The maximum Gasteiger partial charge on any atom is 0.227 e. The summed E-state index contributed by atoms with van der Waals surface area (Å²) in [5.41, 5.74) is 2.78. The van der Waals surface area contributed by atoms with Gasteiger partial charge in [-0.25, -0.2) is 15.0 Å². The lowest BCUT2D eigenvalue weighted by Crippen LogP contribution is -2.49. The standard InChI is InChI=1S/C25H24ClN7O/c26-21-4-2-1-3-19(21)16-29-25-30-17-20-22(31-25)7-10-28-24(20)33-13-11-32(12-14-33)23(34)15-18-5-8-27-9-6-18/h1-10,17H,11-16H2,(H,29,30,31). The fourth-order valence-corrected chi connectivity index (χ4v) is 4.25. The second kappa shape index (κ2) is 10.0. The highest BCUT2D eigenvalue weighted by Gasteiger charge is 2.23. The predicted molar refractivity (Wildman–Crippen MR) is 133 cm³/mol. The Morgan fingerprint density at radius 3 is 2.56 bits per heavy atom. The average Bonchev–Trinajstić information content (AvgIpc) is 2.88. The summed E-state index contributed by atoms with van der Waals surface area (Å²) in [5.74, 6) is 1.52. The number of pyridine rings is 2. The lowest BCUT2D eigenvalue weighted by atomic mass is 10.1. The van der Waals surface area contributed by atoms with Crippen molar-refractivity contribution in [1.29, 1.82) is 0 Å². The minimum absolute atomic E-state index is 0.134. The molecule has 8 nitrogen and oxygen atoms in total. The Labute approximate surface area is 202 Å². The molecule has 0 spiro atoms. The number of hydrogen-bond acceptors (Lipinski definition) is 7. The normalized spacial score (nSPS) is 13.8. The fourth-order valence-electron chi connectivity index (χ4n) is 4.05. The Hall–Kier alpha value is -3.78. The van der Waals surface area contributed by atoms with Crippen LogP contribution in [0.1, 0.15) is 11.1 Å². The molecular formula is C25H24ClN7O. The molecule has 0 radical (unpaired) electrons. The van der Waals surface area contributed by atoms with Gasteiger partial charge in [0.1, 0.15) is 5.82 Å². The first-order valence-corrected chi connectivity index (χ1v) is 11.6. The molecule has 1 amide bonds. The zero-order valence-corrected chi connectivity index (χ0v) is 19.3. The Morgan fingerprint density at radius 2 is 1.76 bits per heavy atom. The van der Waals surface area contributed by atoms with Crippen LogP contribution in [0.2, 0.25) is 5.02 Å². The molecule has 0 bridgehead atoms. The van der Waals surface area contributed by atoms with E-state index in [0.29, 0.717) is 50.1 Å². The number of carbonyl (C=O) groups is 1. The number of piperazine rings is 1. The number of anilines is 2. The molecule has 34 heavy (non-hydrogen) atoms. The second-order valence-corrected chi connectivity index (χ2v) is 8.51. The lowest BCUT2D eigenvalue weighted by Gasteiger charge is -2.35. The van der Waals surface area contributed by atoms with Crippen LogP contribution >= 0.6 is 11.6 Å². The van der Waals surface area contributed by atoms with Crippen LogP contribution < -0.4 is 10.2 Å². The molecule has 1 aliphatic rings. The summed E-state index contributed by atoms with van der Waals surface area (Å²) in [5, 5.41) is 4.84. The summed E-state index contributed by atoms with van der Waals surface area (Å²) in [6.45, 7) is 3.26. The highest BCUT2D eigenvalue weighted by Crippen LogP contribution is 2.25. The first kappa shape index (κ1) is 22.0. The van der Waals surface area contributed by atoms with Crippen molar-refractivity contribution in [2.24, 2.45) is 0 Å². The highest BCUT2D eigenvalue weighted by molar-refractivity contribution is 6.31. The zero-order valence-electron chi connectivity index (χ0n) is 18.6. The van der Waals surface area contributed by atoms with Crippen molar-refractivity contribution >= 4 is 40.2 Å². The van der Waals surface area contributed by atoms with E-state index in [4.69, 9.17) is 11.6 Å². The molecule has 172 valence electrons. The van der Waals surface area contributed by atoms with Crippen molar-refractivity contribution in [3.8, 4) is 0 Å². The third kappa shape index (κ3) is 4.92. The Morgan fingerprint density at radius 1 is 0.971 bits per heavy atom. The number of fused-ring (bicyclic) bond motifs is 1. The van der Waals surface area contributed by atoms with Crippen LogP contribution in [0.25, 0.3) is 10.9 Å². The van der Waals surface area contributed by atoms with Crippen LogP contribution in [0.15, 0.2) is 67.3 Å². The van der Waals surface area contributed by atoms with Gasteiger partial charge in [-0.1, -0.05) is 29.8 Å². The summed E-state index contributed by atoms with van der Waals surface area (Å²) in [6.07, 6.45) is 7.40. The molecule has 5 rings (SSSR count). The SMILES string of the molecule is O=C(Cc1ccncc1)N1CCN(c2nccc3nc(NCc4ccccc4Cl)ncc23)CC1. The van der Waals surface area contributed by atoms with E-state index in [1.165, 1.54) is 0 Å². The van der Waals surface area contributed by atoms with Gasteiger partial charge in [-0.05, 0) is 35.4 Å². The van der Waals surface area contributed by atoms with Gasteiger partial charge in [0.05, 0.1) is 17.3 Å². The molecule has 0 aliphatic carbocycles. The Kier molecular flexibility index (Phi) is 6.49. The van der Waals surface area contributed by atoms with Crippen LogP contribution in [-0.4, -0.2) is 56.9 Å². The van der Waals surface area contributed by atoms with Crippen LogP contribution in [0.5, 0.6) is 0 Å². The number of aromatic nitrogens is 4. The molecule has 1 fully saturated rings. The maximum absolute atomic E-state index is 12.7. The molecule has 1 aromatic carbocycles. The molecule has 0 atom stereocenters. The van der Waals surface area contributed by atoms with Crippen LogP contribution in [0.3, 0.4) is 0 Å². The van der Waals surface area contributed by atoms with E-state index in [2.05, 4.69) is 30.2 Å². The fraction of sp³-hybridized carbons (Fsp3) is 0.240. The van der Waals surface area contributed by atoms with E-state index in [-0.39, 0.29) is 5.91 Å². The minimum Gasteiger partial charge on any atom is -0.352 e. The third-order valence-corrected chi connectivity index (χ3v) is 6.29. The molecule has 4 heterocycles. The van der Waals surface area contributed by atoms with Gasteiger partial charge in [-0.3, -0.25) is 9.78 Å². The number of benzene rings is 1. The van der Waals surface area contributed by atoms with Crippen molar-refractivity contribution in [3.05, 3.63) is 83.4 Å². The van der Waals surface area contributed by atoms with Gasteiger partial charge in [0, 0.05) is 62.5 Å². The van der Waals surface area contributed by atoms with Gasteiger partial charge in [0.25, 0.3) is 0 Å². The predicted octanol–water partition coefficient (Wildman–Crippen LogP) is 3.58. The number of halogens is 1. The number of nitrogens with one attached hydrogen (secondary N) is 1. The molecular weight excluding hydrogens is 450 g/mol. The summed E-state index contributed by atoms with van der Waals surface area (Å²) < 4.78 is 0. The first-order valence-electron chi connectivity index (χ1n) is 11.2. The Balaban J connectivity index is 1.24. The van der Waals surface area contributed by atoms with Crippen LogP contribution in [0.4, 0.5) is 11.8 Å². The zero-order chi connectivity index (χ0) is 23.3. The van der Waals surface area contributed by atoms with Gasteiger partial charge in [0.2, 0.25) is 11.9 Å². The number of hydrogen-bond donors (Lipinski definition) is 1. The molecule has 0 saturated carbocycles. The van der Waals surface area contributed by atoms with Crippen LogP contribution in [0, 0.1) is 0 Å². The molecule has 1 N–H and O–H groups in total. The Bertz CT molecular complexity index is 1290. The second-order valence-electron chi connectivity index (χ2n) is 8.11. The minimum atomic E-state index is 0.134. The summed E-state index contributed by atoms with van der Waals surface area (Å²) in [7, 11) is 0. The van der Waals surface area contributed by atoms with Crippen molar-refractivity contribution < 1.29 is 4.79 Å². The molecule has 9 heteroatoms. The van der Waals surface area contributed by atoms with Gasteiger partial charge in [-0.2, -0.15) is 0 Å². The number of rotatable bonds is 6. The highest BCUT2D eigenvalue weighted by atomic mass is 35.5. The van der Waals surface area contributed by atoms with Gasteiger partial charge in [0.15, 0.2) is 0 Å². The van der Waals surface area contributed by atoms with Gasteiger partial charge < -0.3 is 15.1 Å². The third-order valence-electron chi connectivity index (χ3n) is 5.92. The van der Waals surface area contributed by atoms with E-state index < -0.39 is 0 Å². The van der Waals surface area contributed by atoms with Crippen molar-refractivity contribution in [1.82, 2.24) is 24.8 Å². The average molecular weight is 474 g/mol. The number of nitrogens with zero attached hydrogens (tertiary/aromatic N) is 6. The maximum atomic E-state index is 12.7. The quantitative estimate of drug-likeness (QED) is 0.458. The molecule has 4 aromatic rings. The smallest absolute Gasteiger partial charge is 0.227 e. The number of amides is 1. The van der Waals surface area contributed by atoms with Gasteiger partial charge in [-0.15, -0.1) is 0 Å². The summed E-state index contributed by atoms with van der Waals surface area (Å²) in [6, 6.07) is 13.3. The van der Waals surface area contributed by atoms with Gasteiger partial charge >= 0.3 is 0 Å². The van der Waals surface area contributed by atoms with E-state index in [9.17, 15) is 4.79 Å². The summed E-state index contributed by atoms with van der Waals surface area (Å²) >= 11 is 6.24.